The van der Waals surface area contributed by atoms with Gasteiger partial charge in [-0.05, 0) is 47.9 Å². The van der Waals surface area contributed by atoms with Gasteiger partial charge in [0.05, 0.1) is 0 Å². The molecule has 0 aliphatic carbocycles. The molecule has 0 unspecified atom stereocenters. The number of rotatable bonds is 4. The molecule has 6 nitrogen and oxygen atoms in total. The summed E-state index contributed by atoms with van der Waals surface area (Å²) in [4.78, 5) is 37.4. The summed E-state index contributed by atoms with van der Waals surface area (Å²) in [5, 5.41) is 5.68. The van der Waals surface area contributed by atoms with Gasteiger partial charge in [0.25, 0.3) is 11.8 Å². The predicted molar refractivity (Wildman–Crippen MR) is 99.0 cm³/mol. The summed E-state index contributed by atoms with van der Waals surface area (Å²) in [5.74, 6) is -0.259. The summed E-state index contributed by atoms with van der Waals surface area (Å²) in [5.41, 5.74) is 3.74. The summed E-state index contributed by atoms with van der Waals surface area (Å²) in [6, 6.07) is 12.5. The van der Waals surface area contributed by atoms with E-state index in [2.05, 4.69) is 10.6 Å². The zero-order valence-electron chi connectivity index (χ0n) is 14.8. The third kappa shape index (κ3) is 3.91. The number of nitrogens with zero attached hydrogens (tertiary/aromatic N) is 1. The lowest BCUT2D eigenvalue weighted by molar-refractivity contribution is -0.116. The Kier molecular flexibility index (Phi) is 5.02. The van der Waals surface area contributed by atoms with E-state index in [9.17, 15) is 14.4 Å². The maximum atomic E-state index is 12.4. The second-order valence-corrected chi connectivity index (χ2v) is 6.50. The smallest absolute Gasteiger partial charge is 0.253 e. The molecule has 3 rings (SSSR count). The highest BCUT2D eigenvalue weighted by Gasteiger charge is 2.16. The Labute approximate surface area is 152 Å². The summed E-state index contributed by atoms with van der Waals surface area (Å²) in [6.45, 7) is 0.335. The number of fused-ring (bicyclic) bond motifs is 1. The van der Waals surface area contributed by atoms with E-state index >= 15 is 0 Å². The first-order chi connectivity index (χ1) is 12.4. The molecule has 0 aromatic heterocycles. The van der Waals surface area contributed by atoms with Crippen LogP contribution in [0.5, 0.6) is 0 Å². The van der Waals surface area contributed by atoms with Crippen molar-refractivity contribution < 1.29 is 14.4 Å². The fraction of sp³-hybridized carbons (Fsp3) is 0.250. The Morgan fingerprint density at radius 3 is 2.65 bits per heavy atom. The third-order valence-corrected chi connectivity index (χ3v) is 4.30. The zero-order valence-corrected chi connectivity index (χ0v) is 14.8. The number of hydrogen-bond acceptors (Lipinski definition) is 3. The van der Waals surface area contributed by atoms with Gasteiger partial charge in [0, 0.05) is 43.9 Å². The molecular weight excluding hydrogens is 330 g/mol. The van der Waals surface area contributed by atoms with Crippen molar-refractivity contribution in [3.63, 3.8) is 0 Å². The minimum Gasteiger partial charge on any atom is -0.348 e. The van der Waals surface area contributed by atoms with Gasteiger partial charge < -0.3 is 15.5 Å². The lowest BCUT2D eigenvalue weighted by Gasteiger charge is -2.17. The van der Waals surface area contributed by atoms with Gasteiger partial charge in [0.1, 0.15) is 0 Å². The van der Waals surface area contributed by atoms with Gasteiger partial charge in [-0.15, -0.1) is 0 Å². The Hall–Kier alpha value is -3.15. The highest BCUT2D eigenvalue weighted by molar-refractivity contribution is 5.98. The van der Waals surface area contributed by atoms with Crippen molar-refractivity contribution in [3.05, 3.63) is 64.7 Å². The number of aryl methyl sites for hydroxylation is 1. The van der Waals surface area contributed by atoms with Crippen LogP contribution in [0.25, 0.3) is 0 Å². The highest BCUT2D eigenvalue weighted by Crippen LogP contribution is 2.23. The SMILES string of the molecule is CN(C)C(=O)c1cccc(CNC(=O)c2ccc3c(c2)CCC(=O)N3)c1. The molecule has 6 heteroatoms. The molecule has 0 atom stereocenters. The number of benzene rings is 2. The van der Waals surface area contributed by atoms with Crippen molar-refractivity contribution in [2.45, 2.75) is 19.4 Å². The van der Waals surface area contributed by atoms with E-state index in [1.54, 1.807) is 44.4 Å². The molecule has 0 fully saturated rings. The fourth-order valence-corrected chi connectivity index (χ4v) is 2.88. The highest BCUT2D eigenvalue weighted by atomic mass is 16.2. The molecule has 1 aliphatic rings. The van der Waals surface area contributed by atoms with Crippen LogP contribution in [0.2, 0.25) is 0 Å². The average molecular weight is 351 g/mol. The molecule has 0 bridgehead atoms. The summed E-state index contributed by atoms with van der Waals surface area (Å²) in [6.07, 6.45) is 1.07. The normalized spacial score (nSPS) is 12.8. The second-order valence-electron chi connectivity index (χ2n) is 6.50. The first-order valence-electron chi connectivity index (χ1n) is 8.45. The van der Waals surface area contributed by atoms with Crippen molar-refractivity contribution >= 4 is 23.4 Å². The maximum Gasteiger partial charge on any atom is 0.253 e. The van der Waals surface area contributed by atoms with Crippen LogP contribution in [0.3, 0.4) is 0 Å². The number of carbonyl (C=O) groups excluding carboxylic acids is 3. The number of carbonyl (C=O) groups is 3. The molecule has 0 saturated heterocycles. The van der Waals surface area contributed by atoms with Crippen molar-refractivity contribution in [2.75, 3.05) is 19.4 Å². The quantitative estimate of drug-likeness (QED) is 0.886. The van der Waals surface area contributed by atoms with Crippen LogP contribution < -0.4 is 10.6 Å². The molecule has 1 heterocycles. The molecule has 0 saturated carbocycles. The van der Waals surface area contributed by atoms with Gasteiger partial charge in [0.15, 0.2) is 0 Å². The van der Waals surface area contributed by atoms with Gasteiger partial charge in [-0.2, -0.15) is 0 Å². The lowest BCUT2D eigenvalue weighted by Crippen LogP contribution is -2.25. The Morgan fingerprint density at radius 2 is 1.88 bits per heavy atom. The van der Waals surface area contributed by atoms with E-state index < -0.39 is 0 Å². The van der Waals surface area contributed by atoms with Crippen LogP contribution in [-0.2, 0) is 17.8 Å². The van der Waals surface area contributed by atoms with E-state index in [1.807, 2.05) is 12.1 Å². The van der Waals surface area contributed by atoms with Crippen molar-refractivity contribution in [2.24, 2.45) is 0 Å². The van der Waals surface area contributed by atoms with Crippen molar-refractivity contribution in [3.8, 4) is 0 Å². The maximum absolute atomic E-state index is 12.4. The Balaban J connectivity index is 1.67. The molecule has 134 valence electrons. The molecule has 26 heavy (non-hydrogen) atoms. The summed E-state index contributed by atoms with van der Waals surface area (Å²) < 4.78 is 0. The molecule has 3 amide bonds. The fourth-order valence-electron chi connectivity index (χ4n) is 2.88. The average Bonchev–Trinajstić information content (AvgIpc) is 2.65. The predicted octanol–water partition coefficient (Wildman–Crippen LogP) is 2.20. The van der Waals surface area contributed by atoms with Crippen LogP contribution in [0.4, 0.5) is 5.69 Å². The van der Waals surface area contributed by atoms with Crippen LogP contribution in [0.1, 0.15) is 38.3 Å². The minimum atomic E-state index is -0.186. The molecule has 0 spiro atoms. The van der Waals surface area contributed by atoms with Crippen LogP contribution in [0, 0.1) is 0 Å². The van der Waals surface area contributed by atoms with Crippen molar-refractivity contribution in [1.82, 2.24) is 10.2 Å². The van der Waals surface area contributed by atoms with Gasteiger partial charge in [-0.1, -0.05) is 12.1 Å². The third-order valence-electron chi connectivity index (χ3n) is 4.30. The lowest BCUT2D eigenvalue weighted by atomic mass is 10.00. The standard InChI is InChI=1S/C20H21N3O3/c1-23(2)20(26)16-5-3-4-13(10-16)12-21-19(25)15-6-8-17-14(11-15)7-9-18(24)22-17/h3-6,8,10-11H,7,9,12H2,1-2H3,(H,21,25)(H,22,24). The molecule has 2 aromatic carbocycles. The topological polar surface area (TPSA) is 78.5 Å². The largest absolute Gasteiger partial charge is 0.348 e. The second kappa shape index (κ2) is 7.39. The zero-order chi connectivity index (χ0) is 18.7. The first kappa shape index (κ1) is 17.7. The number of hydrogen-bond donors (Lipinski definition) is 2. The number of anilines is 1. The van der Waals surface area contributed by atoms with Crippen LogP contribution in [0.15, 0.2) is 42.5 Å². The van der Waals surface area contributed by atoms with Crippen LogP contribution in [-0.4, -0.2) is 36.7 Å². The molecule has 2 N–H and O–H groups in total. The van der Waals surface area contributed by atoms with E-state index in [0.717, 1.165) is 16.8 Å². The van der Waals surface area contributed by atoms with Gasteiger partial charge >= 0.3 is 0 Å². The molecule has 1 aliphatic heterocycles. The van der Waals surface area contributed by atoms with Gasteiger partial charge in [-0.3, -0.25) is 14.4 Å². The van der Waals surface area contributed by atoms with E-state index in [-0.39, 0.29) is 17.7 Å². The molecule has 0 radical (unpaired) electrons. The Bertz CT molecular complexity index is 874. The monoisotopic (exact) mass is 351 g/mol. The summed E-state index contributed by atoms with van der Waals surface area (Å²) in [7, 11) is 3.41. The van der Waals surface area contributed by atoms with Crippen LogP contribution >= 0.6 is 0 Å². The molecular formula is C20H21N3O3. The van der Waals surface area contributed by atoms with Gasteiger partial charge in [-0.25, -0.2) is 0 Å². The summed E-state index contributed by atoms with van der Waals surface area (Å²) >= 11 is 0. The van der Waals surface area contributed by atoms with Crippen molar-refractivity contribution in [1.29, 1.82) is 0 Å². The van der Waals surface area contributed by atoms with E-state index in [0.29, 0.717) is 30.5 Å². The first-order valence-corrected chi connectivity index (χ1v) is 8.45. The molecule has 2 aromatic rings. The van der Waals surface area contributed by atoms with E-state index in [4.69, 9.17) is 0 Å². The number of amides is 3. The Morgan fingerprint density at radius 1 is 1.08 bits per heavy atom. The minimum absolute atomic E-state index is 0.00172. The number of nitrogens with one attached hydrogen (secondary N) is 2. The van der Waals surface area contributed by atoms with Gasteiger partial charge in [0.2, 0.25) is 5.91 Å². The van der Waals surface area contributed by atoms with E-state index in [1.165, 1.54) is 4.90 Å².